The fraction of sp³-hybridized carbons (Fsp3) is 0.111. The van der Waals surface area contributed by atoms with Crippen LogP contribution in [-0.4, -0.2) is 17.0 Å². The third kappa shape index (κ3) is 4.06. The summed E-state index contributed by atoms with van der Waals surface area (Å²) in [6, 6.07) is 14.7. The number of anilines is 1. The summed E-state index contributed by atoms with van der Waals surface area (Å²) >= 11 is 0. The monoisotopic (exact) mass is 295 g/mol. The van der Waals surface area contributed by atoms with Crippen molar-refractivity contribution in [3.63, 3.8) is 0 Å². The molecule has 0 aliphatic heterocycles. The minimum absolute atomic E-state index is 0.0806. The van der Waals surface area contributed by atoms with E-state index in [1.165, 1.54) is 0 Å². The Morgan fingerprint density at radius 2 is 1.73 bits per heavy atom. The fourth-order valence-electron chi connectivity index (χ4n) is 1.95. The number of nitrogens with one attached hydrogen (secondary N) is 1. The molecule has 0 spiro atoms. The van der Waals surface area contributed by atoms with E-state index in [2.05, 4.69) is 5.32 Å². The minimum Gasteiger partial charge on any atom is -0.478 e. The second kappa shape index (κ2) is 7.22. The topological polar surface area (TPSA) is 66.4 Å². The lowest BCUT2D eigenvalue weighted by Crippen LogP contribution is -2.13. The average Bonchev–Trinajstić information content (AvgIpc) is 2.54. The first-order valence-electron chi connectivity index (χ1n) is 7.00. The molecule has 112 valence electrons. The highest BCUT2D eigenvalue weighted by Crippen LogP contribution is 2.19. The first-order valence-corrected chi connectivity index (χ1v) is 7.00. The van der Waals surface area contributed by atoms with Crippen molar-refractivity contribution in [3.8, 4) is 0 Å². The van der Waals surface area contributed by atoms with Gasteiger partial charge in [-0.1, -0.05) is 55.5 Å². The Bertz CT molecular complexity index is 706. The van der Waals surface area contributed by atoms with Gasteiger partial charge in [-0.25, -0.2) is 4.79 Å². The van der Waals surface area contributed by atoms with E-state index in [1.54, 1.807) is 25.1 Å². The van der Waals surface area contributed by atoms with Crippen LogP contribution in [0.4, 0.5) is 5.69 Å². The number of hydrogen-bond acceptors (Lipinski definition) is 2. The van der Waals surface area contributed by atoms with Gasteiger partial charge in [0.25, 0.3) is 0 Å². The molecule has 0 bridgehead atoms. The van der Waals surface area contributed by atoms with Crippen LogP contribution in [0.5, 0.6) is 0 Å². The average molecular weight is 295 g/mol. The number of hydrogen-bond donors (Lipinski definition) is 2. The molecule has 0 saturated heterocycles. The van der Waals surface area contributed by atoms with Gasteiger partial charge in [0.1, 0.15) is 0 Å². The number of rotatable bonds is 5. The Kier molecular flexibility index (Phi) is 5.09. The van der Waals surface area contributed by atoms with E-state index >= 15 is 0 Å². The molecule has 0 aromatic heterocycles. The Balaban J connectivity index is 2.27. The van der Waals surface area contributed by atoms with Crippen LogP contribution in [0.15, 0.2) is 48.5 Å². The largest absolute Gasteiger partial charge is 0.478 e. The van der Waals surface area contributed by atoms with Gasteiger partial charge in [-0.3, -0.25) is 4.79 Å². The lowest BCUT2D eigenvalue weighted by molar-refractivity contribution is -0.115. The summed E-state index contributed by atoms with van der Waals surface area (Å²) in [5.74, 6) is -1.28. The molecule has 0 fully saturated rings. The molecule has 4 heteroatoms. The van der Waals surface area contributed by atoms with Crippen LogP contribution in [0.1, 0.15) is 34.8 Å². The molecule has 2 aromatic rings. The third-order valence-electron chi connectivity index (χ3n) is 3.14. The Hall–Kier alpha value is -2.88. The summed E-state index contributed by atoms with van der Waals surface area (Å²) in [5.41, 5.74) is 2.19. The number of benzene rings is 2. The van der Waals surface area contributed by atoms with Crippen LogP contribution in [0.2, 0.25) is 0 Å². The van der Waals surface area contributed by atoms with Crippen molar-refractivity contribution in [1.29, 1.82) is 0 Å². The maximum absolute atomic E-state index is 11.4. The predicted molar refractivity (Wildman–Crippen MR) is 87.7 cm³/mol. The summed E-state index contributed by atoms with van der Waals surface area (Å²) in [6.45, 7) is 1.72. The van der Waals surface area contributed by atoms with Crippen LogP contribution in [0, 0.1) is 0 Å². The molecule has 0 aliphatic rings. The Morgan fingerprint density at radius 3 is 2.36 bits per heavy atom. The zero-order chi connectivity index (χ0) is 15.9. The van der Waals surface area contributed by atoms with Crippen molar-refractivity contribution < 1.29 is 14.7 Å². The second-order valence-corrected chi connectivity index (χ2v) is 4.76. The zero-order valence-corrected chi connectivity index (χ0v) is 12.2. The fourth-order valence-corrected chi connectivity index (χ4v) is 1.95. The van der Waals surface area contributed by atoms with E-state index in [0.717, 1.165) is 11.1 Å². The molecule has 0 radical (unpaired) electrons. The molecule has 0 heterocycles. The molecule has 0 saturated carbocycles. The van der Waals surface area contributed by atoms with Gasteiger partial charge < -0.3 is 10.4 Å². The lowest BCUT2D eigenvalue weighted by Gasteiger charge is -2.08. The SMILES string of the molecule is CCC(=O)Nc1ccc(C=Cc2ccccc2)cc1C(=O)O. The van der Waals surface area contributed by atoms with Gasteiger partial charge in [-0.15, -0.1) is 0 Å². The van der Waals surface area contributed by atoms with Crippen LogP contribution in [0.25, 0.3) is 12.2 Å². The molecule has 2 aromatic carbocycles. The minimum atomic E-state index is -1.07. The van der Waals surface area contributed by atoms with Gasteiger partial charge in [-0.2, -0.15) is 0 Å². The van der Waals surface area contributed by atoms with E-state index in [0.29, 0.717) is 12.1 Å². The van der Waals surface area contributed by atoms with E-state index in [-0.39, 0.29) is 11.5 Å². The lowest BCUT2D eigenvalue weighted by atomic mass is 10.1. The first kappa shape index (κ1) is 15.5. The maximum Gasteiger partial charge on any atom is 0.337 e. The van der Waals surface area contributed by atoms with E-state index in [4.69, 9.17) is 0 Å². The number of aromatic carboxylic acids is 1. The molecule has 0 atom stereocenters. The molecule has 4 nitrogen and oxygen atoms in total. The summed E-state index contributed by atoms with van der Waals surface area (Å²) in [6.07, 6.45) is 4.05. The van der Waals surface area contributed by atoms with Crippen molar-refractivity contribution in [2.75, 3.05) is 5.32 Å². The molecule has 2 rings (SSSR count). The van der Waals surface area contributed by atoms with Crippen molar-refractivity contribution >= 4 is 29.7 Å². The molecule has 22 heavy (non-hydrogen) atoms. The number of carboxylic acid groups (broad SMARTS) is 1. The van der Waals surface area contributed by atoms with Gasteiger partial charge in [0.05, 0.1) is 11.3 Å². The van der Waals surface area contributed by atoms with Crippen LogP contribution in [0.3, 0.4) is 0 Å². The standard InChI is InChI=1S/C18H17NO3/c1-2-17(20)19-16-11-10-14(12-15(16)18(21)22)9-8-13-6-4-3-5-7-13/h3-12H,2H2,1H3,(H,19,20)(H,21,22). The molecule has 2 N–H and O–H groups in total. The van der Waals surface area contributed by atoms with Crippen LogP contribution < -0.4 is 5.32 Å². The summed E-state index contributed by atoms with van der Waals surface area (Å²) in [5, 5.41) is 11.9. The molecular weight excluding hydrogens is 278 g/mol. The second-order valence-electron chi connectivity index (χ2n) is 4.76. The van der Waals surface area contributed by atoms with Gasteiger partial charge in [0.15, 0.2) is 0 Å². The zero-order valence-electron chi connectivity index (χ0n) is 12.2. The Labute approximate surface area is 129 Å². The molecule has 0 aliphatic carbocycles. The Morgan fingerprint density at radius 1 is 1.05 bits per heavy atom. The normalized spacial score (nSPS) is 10.6. The van der Waals surface area contributed by atoms with Gasteiger partial charge in [0.2, 0.25) is 5.91 Å². The maximum atomic E-state index is 11.4. The van der Waals surface area contributed by atoms with Crippen LogP contribution in [-0.2, 0) is 4.79 Å². The number of carbonyl (C=O) groups excluding carboxylic acids is 1. The van der Waals surface area contributed by atoms with Crippen molar-refractivity contribution in [2.24, 2.45) is 0 Å². The highest BCUT2D eigenvalue weighted by atomic mass is 16.4. The highest BCUT2D eigenvalue weighted by molar-refractivity contribution is 6.01. The van der Waals surface area contributed by atoms with E-state index in [9.17, 15) is 14.7 Å². The van der Waals surface area contributed by atoms with Crippen LogP contribution >= 0.6 is 0 Å². The molecular formula is C18H17NO3. The number of amides is 1. The van der Waals surface area contributed by atoms with Gasteiger partial charge >= 0.3 is 5.97 Å². The quantitative estimate of drug-likeness (QED) is 0.822. The number of carboxylic acids is 1. The molecule has 1 amide bonds. The smallest absolute Gasteiger partial charge is 0.337 e. The van der Waals surface area contributed by atoms with Crippen molar-refractivity contribution in [2.45, 2.75) is 13.3 Å². The van der Waals surface area contributed by atoms with Crippen molar-refractivity contribution in [1.82, 2.24) is 0 Å². The van der Waals surface area contributed by atoms with Gasteiger partial charge in [-0.05, 0) is 23.3 Å². The first-order chi connectivity index (χ1) is 10.6. The number of carbonyl (C=O) groups is 2. The summed E-state index contributed by atoms with van der Waals surface area (Å²) < 4.78 is 0. The predicted octanol–water partition coefficient (Wildman–Crippen LogP) is 3.90. The van der Waals surface area contributed by atoms with E-state index in [1.807, 2.05) is 42.5 Å². The molecule has 0 unspecified atom stereocenters. The van der Waals surface area contributed by atoms with Gasteiger partial charge in [0, 0.05) is 6.42 Å². The summed E-state index contributed by atoms with van der Waals surface area (Å²) in [7, 11) is 0. The third-order valence-corrected chi connectivity index (χ3v) is 3.14. The van der Waals surface area contributed by atoms with Crippen molar-refractivity contribution in [3.05, 3.63) is 65.2 Å². The summed E-state index contributed by atoms with van der Waals surface area (Å²) in [4.78, 5) is 22.8. The highest BCUT2D eigenvalue weighted by Gasteiger charge is 2.12. The van der Waals surface area contributed by atoms with E-state index < -0.39 is 5.97 Å².